The van der Waals surface area contributed by atoms with Gasteiger partial charge in [0.2, 0.25) is 5.91 Å². The molecule has 1 fully saturated rings. The number of carbonyl (C=O) groups is 2. The summed E-state index contributed by atoms with van der Waals surface area (Å²) < 4.78 is 5.33. The van der Waals surface area contributed by atoms with Crippen LogP contribution in [-0.4, -0.2) is 23.5 Å². The second-order valence-corrected chi connectivity index (χ2v) is 8.20. The fourth-order valence-electron chi connectivity index (χ4n) is 3.27. The molecule has 4 nitrogen and oxygen atoms in total. The molecule has 0 aromatic carbocycles. The number of rotatable bonds is 4. The van der Waals surface area contributed by atoms with Crippen molar-refractivity contribution in [2.75, 3.05) is 0 Å². The summed E-state index contributed by atoms with van der Waals surface area (Å²) in [6.45, 7) is 13.7. The summed E-state index contributed by atoms with van der Waals surface area (Å²) >= 11 is 0. The van der Waals surface area contributed by atoms with Crippen LogP contribution in [0.2, 0.25) is 0 Å². The molecular weight excluding hydrogens is 278 g/mol. The van der Waals surface area contributed by atoms with Crippen LogP contribution in [0.5, 0.6) is 0 Å². The van der Waals surface area contributed by atoms with E-state index >= 15 is 0 Å². The summed E-state index contributed by atoms with van der Waals surface area (Å²) in [5.74, 6) is 1.10. The van der Waals surface area contributed by atoms with E-state index in [-0.39, 0.29) is 17.8 Å². The molecule has 0 bridgehead atoms. The smallest absolute Gasteiger partial charge is 0.328 e. The van der Waals surface area contributed by atoms with E-state index < -0.39 is 11.6 Å². The fraction of sp³-hybridized carbons (Fsp3) is 0.889. The maximum Gasteiger partial charge on any atom is 0.328 e. The number of amides is 1. The Bertz CT molecular complexity index is 398. The average Bonchev–Trinajstić information content (AvgIpc) is 2.35. The van der Waals surface area contributed by atoms with Crippen LogP contribution < -0.4 is 5.32 Å². The number of hydrogen-bond acceptors (Lipinski definition) is 3. The molecule has 0 radical (unpaired) electrons. The minimum Gasteiger partial charge on any atom is -0.458 e. The van der Waals surface area contributed by atoms with Crippen molar-refractivity contribution in [3.8, 4) is 0 Å². The zero-order valence-electron chi connectivity index (χ0n) is 15.2. The summed E-state index contributed by atoms with van der Waals surface area (Å²) in [6, 6.07) is -0.600. The van der Waals surface area contributed by atoms with Gasteiger partial charge < -0.3 is 10.1 Å². The first kappa shape index (κ1) is 19.0. The summed E-state index contributed by atoms with van der Waals surface area (Å²) in [4.78, 5) is 24.6. The van der Waals surface area contributed by atoms with Gasteiger partial charge in [0.15, 0.2) is 0 Å². The van der Waals surface area contributed by atoms with Crippen molar-refractivity contribution in [2.24, 2.45) is 23.7 Å². The molecule has 0 aromatic rings. The van der Waals surface area contributed by atoms with Gasteiger partial charge in [-0.3, -0.25) is 4.79 Å². The second-order valence-electron chi connectivity index (χ2n) is 8.20. The van der Waals surface area contributed by atoms with Crippen molar-refractivity contribution >= 4 is 11.9 Å². The Balaban J connectivity index is 2.67. The third-order valence-electron chi connectivity index (χ3n) is 4.48. The highest BCUT2D eigenvalue weighted by Crippen LogP contribution is 2.38. The first-order valence-electron chi connectivity index (χ1n) is 8.54. The van der Waals surface area contributed by atoms with E-state index in [0.29, 0.717) is 17.8 Å². The predicted molar refractivity (Wildman–Crippen MR) is 88.3 cm³/mol. The molecule has 4 atom stereocenters. The van der Waals surface area contributed by atoms with Crippen LogP contribution in [0.15, 0.2) is 0 Å². The molecule has 0 aromatic heterocycles. The van der Waals surface area contributed by atoms with Crippen molar-refractivity contribution in [1.82, 2.24) is 5.32 Å². The maximum atomic E-state index is 12.6. The lowest BCUT2D eigenvalue weighted by Crippen LogP contribution is -2.47. The maximum absolute atomic E-state index is 12.6. The topological polar surface area (TPSA) is 55.4 Å². The van der Waals surface area contributed by atoms with E-state index in [1.54, 1.807) is 6.92 Å². The van der Waals surface area contributed by atoms with Crippen molar-refractivity contribution in [3.05, 3.63) is 0 Å². The van der Waals surface area contributed by atoms with Gasteiger partial charge in [0.05, 0.1) is 0 Å². The molecule has 1 aliphatic rings. The Hall–Kier alpha value is -1.06. The molecule has 0 heterocycles. The standard InChI is InChI=1S/C18H33NO3/c1-11(2)14-9-8-12(3)10-15(14)16(20)19-13(4)17(21)22-18(5,6)7/h11-15H,8-10H2,1-7H3,(H,19,20)/t12?,13?,14-,15?/m0/s1. The molecule has 1 aliphatic carbocycles. The molecule has 3 unspecified atom stereocenters. The number of esters is 1. The van der Waals surface area contributed by atoms with E-state index in [2.05, 4.69) is 26.1 Å². The predicted octanol–water partition coefficient (Wildman–Crippen LogP) is 3.54. The molecule has 0 saturated heterocycles. The molecule has 1 N–H and O–H groups in total. The average molecular weight is 311 g/mol. The molecule has 0 spiro atoms. The highest BCUT2D eigenvalue weighted by atomic mass is 16.6. The molecule has 128 valence electrons. The van der Waals surface area contributed by atoms with E-state index in [1.165, 1.54) is 6.42 Å². The van der Waals surface area contributed by atoms with Gasteiger partial charge in [-0.25, -0.2) is 4.79 Å². The van der Waals surface area contributed by atoms with Crippen LogP contribution in [0.3, 0.4) is 0 Å². The molecule has 1 saturated carbocycles. The van der Waals surface area contributed by atoms with E-state index in [1.807, 2.05) is 20.8 Å². The molecular formula is C18H33NO3. The minimum atomic E-state index is -0.600. The largest absolute Gasteiger partial charge is 0.458 e. The summed E-state index contributed by atoms with van der Waals surface area (Å²) in [5.41, 5.74) is -0.532. The quantitative estimate of drug-likeness (QED) is 0.808. The minimum absolute atomic E-state index is 0.00334. The SMILES string of the molecule is CC1CC[C@@H](C(C)C)C(C(=O)NC(C)C(=O)OC(C)(C)C)C1. The number of carbonyl (C=O) groups excluding carboxylic acids is 2. The van der Waals surface area contributed by atoms with Gasteiger partial charge >= 0.3 is 5.97 Å². The normalized spacial score (nSPS) is 27.4. The summed E-state index contributed by atoms with van der Waals surface area (Å²) in [6.07, 6.45) is 3.20. The van der Waals surface area contributed by atoms with Crippen LogP contribution in [0.1, 0.15) is 67.7 Å². The van der Waals surface area contributed by atoms with Crippen LogP contribution in [0.25, 0.3) is 0 Å². The van der Waals surface area contributed by atoms with Gasteiger partial charge in [0.1, 0.15) is 11.6 Å². The van der Waals surface area contributed by atoms with E-state index in [4.69, 9.17) is 4.74 Å². The van der Waals surface area contributed by atoms with Crippen LogP contribution in [-0.2, 0) is 14.3 Å². The molecule has 4 heteroatoms. The van der Waals surface area contributed by atoms with Gasteiger partial charge in [0.25, 0.3) is 0 Å². The Morgan fingerprint density at radius 2 is 1.73 bits per heavy atom. The monoisotopic (exact) mass is 311 g/mol. The van der Waals surface area contributed by atoms with E-state index in [0.717, 1.165) is 12.8 Å². The van der Waals surface area contributed by atoms with Gasteiger partial charge in [-0.2, -0.15) is 0 Å². The van der Waals surface area contributed by atoms with Crippen LogP contribution >= 0.6 is 0 Å². The Morgan fingerprint density at radius 1 is 1.14 bits per heavy atom. The Morgan fingerprint density at radius 3 is 2.23 bits per heavy atom. The zero-order valence-corrected chi connectivity index (χ0v) is 15.2. The van der Waals surface area contributed by atoms with Gasteiger partial charge in [0, 0.05) is 5.92 Å². The third kappa shape index (κ3) is 5.62. The molecule has 1 amide bonds. The highest BCUT2D eigenvalue weighted by Gasteiger charge is 2.36. The van der Waals surface area contributed by atoms with Crippen molar-refractivity contribution in [3.63, 3.8) is 0 Å². The molecule has 0 aliphatic heterocycles. The lowest BCUT2D eigenvalue weighted by Gasteiger charge is -2.36. The van der Waals surface area contributed by atoms with Gasteiger partial charge in [-0.15, -0.1) is 0 Å². The summed E-state index contributed by atoms with van der Waals surface area (Å²) in [7, 11) is 0. The van der Waals surface area contributed by atoms with Gasteiger partial charge in [-0.05, 0) is 58.3 Å². The van der Waals surface area contributed by atoms with Crippen LogP contribution in [0, 0.1) is 23.7 Å². The number of nitrogens with one attached hydrogen (secondary N) is 1. The molecule has 22 heavy (non-hydrogen) atoms. The van der Waals surface area contributed by atoms with E-state index in [9.17, 15) is 9.59 Å². The molecule has 1 rings (SSSR count). The number of hydrogen-bond donors (Lipinski definition) is 1. The Labute approximate surface area is 135 Å². The second kappa shape index (κ2) is 7.47. The van der Waals surface area contributed by atoms with Crippen molar-refractivity contribution < 1.29 is 14.3 Å². The first-order valence-corrected chi connectivity index (χ1v) is 8.54. The lowest BCUT2D eigenvalue weighted by atomic mass is 9.69. The fourth-order valence-corrected chi connectivity index (χ4v) is 3.27. The highest BCUT2D eigenvalue weighted by molar-refractivity contribution is 5.85. The van der Waals surface area contributed by atoms with Gasteiger partial charge in [-0.1, -0.05) is 27.2 Å². The number of ether oxygens (including phenoxy) is 1. The van der Waals surface area contributed by atoms with Crippen molar-refractivity contribution in [1.29, 1.82) is 0 Å². The zero-order chi connectivity index (χ0) is 17.1. The first-order chi connectivity index (χ1) is 10.0. The lowest BCUT2D eigenvalue weighted by molar-refractivity contribution is -0.158. The Kier molecular flexibility index (Phi) is 6.45. The summed E-state index contributed by atoms with van der Waals surface area (Å²) in [5, 5.41) is 2.86. The van der Waals surface area contributed by atoms with Crippen LogP contribution in [0.4, 0.5) is 0 Å². The third-order valence-corrected chi connectivity index (χ3v) is 4.48. The van der Waals surface area contributed by atoms with Crippen molar-refractivity contribution in [2.45, 2.75) is 79.4 Å².